The number of carbonyl (C=O) groups excluding carboxylic acids is 1. The Morgan fingerprint density at radius 1 is 1.30 bits per heavy atom. The molecule has 0 aliphatic carbocycles. The zero-order valence-corrected chi connectivity index (χ0v) is 15.0. The van der Waals surface area contributed by atoms with E-state index >= 15 is 0 Å². The Hall–Kier alpha value is -1.36. The van der Waals surface area contributed by atoms with Crippen LogP contribution in [-0.4, -0.2) is 42.0 Å². The number of nitrogens with zero attached hydrogens (tertiary/aromatic N) is 2. The van der Waals surface area contributed by atoms with Gasteiger partial charge < -0.3 is 10.2 Å². The second-order valence-corrected chi connectivity index (χ2v) is 5.71. The van der Waals surface area contributed by atoms with Gasteiger partial charge in [0.15, 0.2) is 0 Å². The minimum Gasteiger partial charge on any atom is -0.337 e. The summed E-state index contributed by atoms with van der Waals surface area (Å²) in [5.41, 5.74) is 2.55. The zero-order valence-electron chi connectivity index (χ0n) is 13.4. The van der Waals surface area contributed by atoms with Gasteiger partial charge in [-0.1, -0.05) is 18.2 Å². The molecule has 2 heterocycles. The Bertz CT molecular complexity index is 678. The van der Waals surface area contributed by atoms with Gasteiger partial charge in [-0.05, 0) is 38.9 Å². The summed E-state index contributed by atoms with van der Waals surface area (Å²) in [5.74, 6) is 0.122. The molecule has 0 spiro atoms. The van der Waals surface area contributed by atoms with Gasteiger partial charge in [-0.2, -0.15) is 0 Å². The highest BCUT2D eigenvalue weighted by Gasteiger charge is 2.24. The minimum atomic E-state index is 0. The minimum absolute atomic E-state index is 0. The van der Waals surface area contributed by atoms with Gasteiger partial charge in [-0.25, -0.2) is 0 Å². The largest absolute Gasteiger partial charge is 0.337 e. The van der Waals surface area contributed by atoms with Crippen LogP contribution in [-0.2, 0) is 0 Å². The molecule has 1 unspecified atom stereocenters. The van der Waals surface area contributed by atoms with Crippen LogP contribution < -0.4 is 5.32 Å². The van der Waals surface area contributed by atoms with Crippen LogP contribution in [0.2, 0.25) is 0 Å². The van der Waals surface area contributed by atoms with E-state index in [0.717, 1.165) is 48.1 Å². The molecule has 1 aliphatic heterocycles. The molecule has 1 N–H and O–H groups in total. The second kappa shape index (κ2) is 8.48. The summed E-state index contributed by atoms with van der Waals surface area (Å²) in [7, 11) is 1.96. The monoisotopic (exact) mass is 355 g/mol. The van der Waals surface area contributed by atoms with Crippen molar-refractivity contribution in [2.45, 2.75) is 25.8 Å². The Labute approximate surface area is 149 Å². The van der Waals surface area contributed by atoms with Crippen molar-refractivity contribution in [2.24, 2.45) is 0 Å². The van der Waals surface area contributed by atoms with Crippen LogP contribution in [0.5, 0.6) is 0 Å². The lowest BCUT2D eigenvalue weighted by molar-refractivity contribution is 0.0700. The smallest absolute Gasteiger partial charge is 0.254 e. The lowest BCUT2D eigenvalue weighted by atomic mass is 10.0. The van der Waals surface area contributed by atoms with E-state index in [0.29, 0.717) is 6.04 Å². The summed E-state index contributed by atoms with van der Waals surface area (Å²) in [6.07, 6.45) is 2.19. The first-order chi connectivity index (χ1) is 10.2. The molecule has 1 saturated heterocycles. The van der Waals surface area contributed by atoms with Gasteiger partial charge in [-0.3, -0.25) is 9.78 Å². The average Bonchev–Trinajstić information content (AvgIpc) is 2.53. The van der Waals surface area contributed by atoms with Crippen LogP contribution in [0.25, 0.3) is 10.9 Å². The van der Waals surface area contributed by atoms with Crippen molar-refractivity contribution in [2.75, 3.05) is 20.1 Å². The second-order valence-electron chi connectivity index (χ2n) is 5.71. The zero-order chi connectivity index (χ0) is 14.8. The van der Waals surface area contributed by atoms with Crippen molar-refractivity contribution in [3.8, 4) is 0 Å². The average molecular weight is 356 g/mol. The van der Waals surface area contributed by atoms with Gasteiger partial charge in [0, 0.05) is 30.2 Å². The van der Waals surface area contributed by atoms with E-state index in [9.17, 15) is 4.79 Å². The molecule has 126 valence electrons. The first-order valence-electron chi connectivity index (χ1n) is 7.52. The molecule has 1 aromatic carbocycles. The highest BCUT2D eigenvalue weighted by atomic mass is 35.5. The molecule has 4 nitrogen and oxygen atoms in total. The number of nitrogens with one attached hydrogen (secondary N) is 1. The number of para-hydroxylation sites is 1. The van der Waals surface area contributed by atoms with Crippen molar-refractivity contribution in [1.82, 2.24) is 15.2 Å². The molecule has 1 fully saturated rings. The van der Waals surface area contributed by atoms with E-state index in [2.05, 4.69) is 10.3 Å². The highest BCUT2D eigenvalue weighted by molar-refractivity contribution is 6.06. The fourth-order valence-corrected chi connectivity index (χ4v) is 3.05. The molecule has 1 amide bonds. The van der Waals surface area contributed by atoms with Crippen molar-refractivity contribution in [3.63, 3.8) is 0 Å². The van der Waals surface area contributed by atoms with Gasteiger partial charge in [0.05, 0.1) is 11.1 Å². The summed E-state index contributed by atoms with van der Waals surface area (Å²) < 4.78 is 0. The predicted molar refractivity (Wildman–Crippen MR) is 99.0 cm³/mol. The van der Waals surface area contributed by atoms with E-state index in [4.69, 9.17) is 0 Å². The van der Waals surface area contributed by atoms with Gasteiger partial charge in [-0.15, -0.1) is 24.8 Å². The molecule has 1 atom stereocenters. The molecule has 1 aromatic heterocycles. The van der Waals surface area contributed by atoms with Crippen molar-refractivity contribution >= 4 is 41.6 Å². The maximum absolute atomic E-state index is 12.9. The molecule has 23 heavy (non-hydrogen) atoms. The van der Waals surface area contributed by atoms with Gasteiger partial charge in [0.25, 0.3) is 5.91 Å². The van der Waals surface area contributed by atoms with E-state index in [1.807, 2.05) is 49.2 Å². The lowest BCUT2D eigenvalue weighted by Gasteiger charge is -2.32. The standard InChI is InChI=1S/C17H21N3O.2ClH/c1-12-10-15(14-7-3-4-8-16(14)19-12)17(21)20-9-5-6-13(11-20)18-2;;/h3-4,7-8,10,13,18H,5-6,9,11H2,1-2H3;2*1H. The Balaban J connectivity index is 0.00000132. The van der Waals surface area contributed by atoms with Crippen LogP contribution in [0.4, 0.5) is 0 Å². The van der Waals surface area contributed by atoms with E-state index in [1.54, 1.807) is 0 Å². The predicted octanol–water partition coefficient (Wildman–Crippen LogP) is 3.21. The summed E-state index contributed by atoms with van der Waals surface area (Å²) in [4.78, 5) is 19.4. The van der Waals surface area contributed by atoms with Gasteiger partial charge in [0.2, 0.25) is 0 Å². The summed E-state index contributed by atoms with van der Waals surface area (Å²) in [6.45, 7) is 3.56. The van der Waals surface area contributed by atoms with Crippen LogP contribution in [0.1, 0.15) is 28.9 Å². The first kappa shape index (κ1) is 19.7. The van der Waals surface area contributed by atoms with Crippen molar-refractivity contribution in [1.29, 1.82) is 0 Å². The molecule has 3 rings (SSSR count). The number of aromatic nitrogens is 1. The third kappa shape index (κ3) is 4.14. The number of likely N-dealkylation sites (tertiary alicyclic amines) is 1. The van der Waals surface area contributed by atoms with E-state index in [1.165, 1.54) is 0 Å². The number of hydrogen-bond donors (Lipinski definition) is 1. The SMILES string of the molecule is CNC1CCCN(C(=O)c2cc(C)nc3ccccc23)C1.Cl.Cl. The number of pyridine rings is 1. The number of halogens is 2. The van der Waals surface area contributed by atoms with Crippen LogP contribution >= 0.6 is 24.8 Å². The number of carbonyl (C=O) groups is 1. The normalized spacial score (nSPS) is 17.3. The summed E-state index contributed by atoms with van der Waals surface area (Å²) in [5, 5.41) is 4.23. The molecule has 1 aliphatic rings. The summed E-state index contributed by atoms with van der Waals surface area (Å²) >= 11 is 0. The lowest BCUT2D eigenvalue weighted by Crippen LogP contribution is -2.47. The molecule has 6 heteroatoms. The van der Waals surface area contributed by atoms with Crippen LogP contribution in [0.3, 0.4) is 0 Å². The maximum Gasteiger partial charge on any atom is 0.254 e. The summed E-state index contributed by atoms with van der Waals surface area (Å²) in [6, 6.07) is 10.2. The number of fused-ring (bicyclic) bond motifs is 1. The highest BCUT2D eigenvalue weighted by Crippen LogP contribution is 2.21. The van der Waals surface area contributed by atoms with Crippen molar-refractivity contribution < 1.29 is 4.79 Å². The molecule has 0 radical (unpaired) electrons. The van der Waals surface area contributed by atoms with Gasteiger partial charge >= 0.3 is 0 Å². The number of piperidine rings is 1. The Morgan fingerprint density at radius 3 is 2.78 bits per heavy atom. The molecule has 0 bridgehead atoms. The Morgan fingerprint density at radius 2 is 2.04 bits per heavy atom. The number of amides is 1. The number of aryl methyl sites for hydroxylation is 1. The Kier molecular flexibility index (Phi) is 7.26. The van der Waals surface area contributed by atoms with Crippen molar-refractivity contribution in [3.05, 3.63) is 41.6 Å². The number of benzene rings is 1. The van der Waals surface area contributed by atoms with Crippen LogP contribution in [0.15, 0.2) is 30.3 Å². The maximum atomic E-state index is 12.9. The van der Waals surface area contributed by atoms with E-state index < -0.39 is 0 Å². The van der Waals surface area contributed by atoms with E-state index in [-0.39, 0.29) is 30.7 Å². The molecular weight excluding hydrogens is 333 g/mol. The topological polar surface area (TPSA) is 45.2 Å². The molecule has 0 saturated carbocycles. The fraction of sp³-hybridized carbons (Fsp3) is 0.412. The fourth-order valence-electron chi connectivity index (χ4n) is 3.05. The number of likely N-dealkylation sites (N-methyl/N-ethyl adjacent to an activating group) is 1. The first-order valence-corrected chi connectivity index (χ1v) is 7.52. The third-order valence-corrected chi connectivity index (χ3v) is 4.19. The van der Waals surface area contributed by atoms with Gasteiger partial charge in [0.1, 0.15) is 0 Å². The third-order valence-electron chi connectivity index (χ3n) is 4.19. The van der Waals surface area contributed by atoms with Crippen LogP contribution in [0, 0.1) is 6.92 Å². The molecular formula is C17H23Cl2N3O. The number of hydrogen-bond acceptors (Lipinski definition) is 3. The molecule has 2 aromatic rings. The quantitative estimate of drug-likeness (QED) is 0.899. The number of rotatable bonds is 2.